The predicted molar refractivity (Wildman–Crippen MR) is 97.0 cm³/mol. The third-order valence-corrected chi connectivity index (χ3v) is 5.81. The summed E-state index contributed by atoms with van der Waals surface area (Å²) in [5.41, 5.74) is -0.257. The van der Waals surface area contributed by atoms with Crippen LogP contribution in [-0.2, 0) is 16.1 Å². The number of methoxy groups -OCH3 is 1. The lowest BCUT2D eigenvalue weighted by atomic mass is 9.79. The molecule has 1 amide bonds. The Morgan fingerprint density at radius 3 is 3.04 bits per heavy atom. The molecule has 1 aliphatic carbocycles. The molecule has 3 atom stereocenters. The zero-order valence-corrected chi connectivity index (χ0v) is 15.5. The van der Waals surface area contributed by atoms with Crippen LogP contribution in [0, 0.1) is 0 Å². The molecule has 0 bridgehead atoms. The Bertz CT molecular complexity index is 754. The molecule has 4 rings (SSSR count). The number of hydrogen-bond acceptors (Lipinski definition) is 6. The van der Waals surface area contributed by atoms with Crippen LogP contribution in [-0.4, -0.2) is 62.0 Å². The van der Waals surface area contributed by atoms with Crippen molar-refractivity contribution in [1.82, 2.24) is 24.6 Å². The summed E-state index contributed by atoms with van der Waals surface area (Å²) < 4.78 is 13.7. The molecule has 1 saturated heterocycles. The maximum absolute atomic E-state index is 12.9. The zero-order chi connectivity index (χ0) is 18.7. The first-order valence-electron chi connectivity index (χ1n) is 9.45. The van der Waals surface area contributed by atoms with Crippen molar-refractivity contribution in [3.05, 3.63) is 37.1 Å². The number of hydrogen-bond donors (Lipinski definition) is 0. The molecule has 1 aliphatic heterocycles. The number of fused-ring (bicyclic) bond motifs is 1. The first kappa shape index (κ1) is 17.9. The van der Waals surface area contributed by atoms with Crippen LogP contribution in [0.1, 0.15) is 32.1 Å². The lowest BCUT2D eigenvalue weighted by Crippen LogP contribution is -2.53. The van der Waals surface area contributed by atoms with Gasteiger partial charge in [0.2, 0.25) is 11.8 Å². The molecule has 0 N–H and O–H groups in total. The third-order valence-electron chi connectivity index (χ3n) is 5.81. The van der Waals surface area contributed by atoms with Crippen LogP contribution < -0.4 is 4.74 Å². The Hall–Kier alpha value is -2.48. The van der Waals surface area contributed by atoms with Crippen LogP contribution in [0.2, 0.25) is 0 Å². The fourth-order valence-corrected chi connectivity index (χ4v) is 4.36. The van der Waals surface area contributed by atoms with Crippen molar-refractivity contribution in [2.75, 3.05) is 13.7 Å². The molecule has 27 heavy (non-hydrogen) atoms. The molecular formula is C19H25N5O3. The summed E-state index contributed by atoms with van der Waals surface area (Å²) in [5, 5.41) is 4.07. The number of amides is 1. The fourth-order valence-electron chi connectivity index (χ4n) is 4.36. The first-order valence-corrected chi connectivity index (χ1v) is 9.45. The molecule has 8 nitrogen and oxygen atoms in total. The van der Waals surface area contributed by atoms with Gasteiger partial charge in [-0.2, -0.15) is 5.10 Å². The Labute approximate surface area is 158 Å². The van der Waals surface area contributed by atoms with Gasteiger partial charge in [0, 0.05) is 38.8 Å². The quantitative estimate of drug-likeness (QED) is 0.768. The highest BCUT2D eigenvalue weighted by molar-refractivity contribution is 5.77. The second-order valence-electron chi connectivity index (χ2n) is 7.21. The molecule has 2 fully saturated rings. The Morgan fingerprint density at radius 2 is 2.30 bits per heavy atom. The smallest absolute Gasteiger partial charge is 0.224 e. The first-order chi connectivity index (χ1) is 13.2. The number of aromatic nitrogens is 4. The Kier molecular flexibility index (Phi) is 5.07. The second-order valence-corrected chi connectivity index (χ2v) is 7.21. The number of carbonyl (C=O) groups excluding carboxylic acids is 1. The average molecular weight is 371 g/mol. The van der Waals surface area contributed by atoms with Crippen LogP contribution in [0.5, 0.6) is 5.88 Å². The Balaban J connectivity index is 1.43. The monoisotopic (exact) mass is 371 g/mol. The van der Waals surface area contributed by atoms with Crippen molar-refractivity contribution < 1.29 is 14.3 Å². The summed E-state index contributed by atoms with van der Waals surface area (Å²) in [6, 6.07) is 5.69. The van der Waals surface area contributed by atoms with E-state index in [9.17, 15) is 4.79 Å². The summed E-state index contributed by atoms with van der Waals surface area (Å²) in [7, 11) is 1.76. The highest BCUT2D eigenvalue weighted by atomic mass is 16.5. The number of rotatable bonds is 6. The number of nitrogens with zero attached hydrogens (tertiary/aromatic N) is 5. The standard InChI is InChI=1S/C19H25N5O3/c1-26-19-7-5-15(27-17-4-2-3-9-21-17)12-16(19)24(11-8-19)18(25)6-10-23-14-20-13-22-23/h2-4,9,13-16H,5-8,10-12H2,1H3/t15?,16?,19-/m1/s1. The van der Waals surface area contributed by atoms with Crippen LogP contribution in [0.25, 0.3) is 0 Å². The normalized spacial score (nSPS) is 27.4. The lowest BCUT2D eigenvalue weighted by molar-refractivity contribution is -0.139. The van der Waals surface area contributed by atoms with Crippen molar-refractivity contribution in [1.29, 1.82) is 0 Å². The van der Waals surface area contributed by atoms with Gasteiger partial charge in [0.05, 0.1) is 18.2 Å². The van der Waals surface area contributed by atoms with E-state index in [1.807, 2.05) is 23.1 Å². The highest BCUT2D eigenvalue weighted by Gasteiger charge is 2.52. The fraction of sp³-hybridized carbons (Fsp3) is 0.579. The van der Waals surface area contributed by atoms with Gasteiger partial charge >= 0.3 is 0 Å². The van der Waals surface area contributed by atoms with E-state index in [2.05, 4.69) is 15.1 Å². The summed E-state index contributed by atoms with van der Waals surface area (Å²) in [6.07, 6.45) is 8.72. The minimum absolute atomic E-state index is 0.0354. The van der Waals surface area contributed by atoms with Crippen molar-refractivity contribution in [2.45, 2.75) is 56.4 Å². The largest absolute Gasteiger partial charge is 0.474 e. The molecule has 0 spiro atoms. The number of ether oxygens (including phenoxy) is 2. The van der Waals surface area contributed by atoms with E-state index in [1.54, 1.807) is 24.3 Å². The van der Waals surface area contributed by atoms with E-state index in [4.69, 9.17) is 9.47 Å². The summed E-state index contributed by atoms with van der Waals surface area (Å²) in [6.45, 7) is 1.26. The summed E-state index contributed by atoms with van der Waals surface area (Å²) >= 11 is 0. The van der Waals surface area contributed by atoms with Gasteiger partial charge in [0.15, 0.2) is 0 Å². The van der Waals surface area contributed by atoms with Crippen molar-refractivity contribution in [2.24, 2.45) is 0 Å². The molecule has 8 heteroatoms. The molecule has 2 aliphatic rings. The number of aryl methyl sites for hydroxylation is 1. The number of carbonyl (C=O) groups is 1. The van der Waals surface area contributed by atoms with E-state index in [-0.39, 0.29) is 23.7 Å². The highest BCUT2D eigenvalue weighted by Crippen LogP contribution is 2.43. The van der Waals surface area contributed by atoms with E-state index in [0.29, 0.717) is 18.8 Å². The molecule has 2 aromatic heterocycles. The second kappa shape index (κ2) is 7.64. The molecule has 2 aromatic rings. The van der Waals surface area contributed by atoms with Crippen LogP contribution in [0.15, 0.2) is 37.1 Å². The van der Waals surface area contributed by atoms with Gasteiger partial charge < -0.3 is 14.4 Å². The van der Waals surface area contributed by atoms with Gasteiger partial charge in [-0.05, 0) is 25.3 Å². The molecule has 0 aromatic carbocycles. The summed E-state index contributed by atoms with van der Waals surface area (Å²) in [4.78, 5) is 23.0. The minimum atomic E-state index is -0.257. The van der Waals surface area contributed by atoms with Gasteiger partial charge in [0.1, 0.15) is 18.8 Å². The molecule has 2 unspecified atom stereocenters. The molecule has 3 heterocycles. The van der Waals surface area contributed by atoms with Gasteiger partial charge in [-0.25, -0.2) is 9.97 Å². The van der Waals surface area contributed by atoms with E-state index in [1.165, 1.54) is 6.33 Å². The molecule has 1 saturated carbocycles. The number of pyridine rings is 1. The van der Waals surface area contributed by atoms with Gasteiger partial charge in [-0.15, -0.1) is 0 Å². The van der Waals surface area contributed by atoms with Gasteiger partial charge in [-0.3, -0.25) is 9.48 Å². The average Bonchev–Trinajstić information content (AvgIpc) is 3.35. The minimum Gasteiger partial charge on any atom is -0.474 e. The molecular weight excluding hydrogens is 346 g/mol. The topological polar surface area (TPSA) is 82.4 Å². The van der Waals surface area contributed by atoms with Crippen LogP contribution in [0.4, 0.5) is 0 Å². The maximum atomic E-state index is 12.9. The molecule has 144 valence electrons. The van der Waals surface area contributed by atoms with Crippen LogP contribution in [0.3, 0.4) is 0 Å². The third kappa shape index (κ3) is 3.66. The number of likely N-dealkylation sites (tertiary alicyclic amines) is 1. The predicted octanol–water partition coefficient (Wildman–Crippen LogP) is 1.68. The van der Waals surface area contributed by atoms with Crippen LogP contribution >= 0.6 is 0 Å². The summed E-state index contributed by atoms with van der Waals surface area (Å²) in [5.74, 6) is 0.766. The van der Waals surface area contributed by atoms with E-state index >= 15 is 0 Å². The maximum Gasteiger partial charge on any atom is 0.224 e. The SMILES string of the molecule is CO[C@@]12CCC(Oc3ccccn3)CC1N(C(=O)CCn1cncn1)CC2. The van der Waals surface area contributed by atoms with Crippen molar-refractivity contribution in [3.63, 3.8) is 0 Å². The van der Waals surface area contributed by atoms with E-state index in [0.717, 1.165) is 32.2 Å². The zero-order valence-electron chi connectivity index (χ0n) is 15.5. The molecule has 0 radical (unpaired) electrons. The Morgan fingerprint density at radius 1 is 1.37 bits per heavy atom. The van der Waals surface area contributed by atoms with E-state index < -0.39 is 0 Å². The lowest BCUT2D eigenvalue weighted by Gasteiger charge is -2.43. The van der Waals surface area contributed by atoms with Gasteiger partial charge in [0.25, 0.3) is 0 Å². The van der Waals surface area contributed by atoms with Crippen molar-refractivity contribution >= 4 is 5.91 Å². The van der Waals surface area contributed by atoms with Crippen molar-refractivity contribution in [3.8, 4) is 5.88 Å². The van der Waals surface area contributed by atoms with Gasteiger partial charge in [-0.1, -0.05) is 6.07 Å².